The van der Waals surface area contributed by atoms with Crippen molar-refractivity contribution < 1.29 is 18.7 Å². The third-order valence-electron chi connectivity index (χ3n) is 2.24. The SMILES string of the molecule is NSc1ccc(C2CC2(F)F)cc1.O=CO. The molecule has 1 saturated carbocycles. The van der Waals surface area contributed by atoms with Crippen LogP contribution in [0.5, 0.6) is 0 Å². The van der Waals surface area contributed by atoms with Gasteiger partial charge in [-0.1, -0.05) is 12.1 Å². The van der Waals surface area contributed by atoms with E-state index in [1.165, 1.54) is 0 Å². The third-order valence-corrected chi connectivity index (χ3v) is 2.79. The summed E-state index contributed by atoms with van der Waals surface area (Å²) in [5, 5.41) is 12.2. The van der Waals surface area contributed by atoms with Gasteiger partial charge in [-0.3, -0.25) is 9.93 Å². The summed E-state index contributed by atoms with van der Waals surface area (Å²) in [5.74, 6) is -3.04. The summed E-state index contributed by atoms with van der Waals surface area (Å²) in [6.45, 7) is -0.250. The van der Waals surface area contributed by atoms with Gasteiger partial charge in [0.25, 0.3) is 12.4 Å². The van der Waals surface area contributed by atoms with Gasteiger partial charge >= 0.3 is 0 Å². The lowest BCUT2D eigenvalue weighted by Gasteiger charge is -2.00. The molecule has 3 N–H and O–H groups in total. The number of hydrogen-bond donors (Lipinski definition) is 2. The quantitative estimate of drug-likeness (QED) is 0.622. The van der Waals surface area contributed by atoms with Crippen molar-refractivity contribution in [3.63, 3.8) is 0 Å². The zero-order chi connectivity index (χ0) is 12.2. The van der Waals surface area contributed by atoms with E-state index in [4.69, 9.17) is 15.0 Å². The number of benzene rings is 1. The topological polar surface area (TPSA) is 63.3 Å². The Morgan fingerprint density at radius 1 is 1.44 bits per heavy atom. The van der Waals surface area contributed by atoms with E-state index in [-0.39, 0.29) is 12.9 Å². The standard InChI is InChI=1S/C9H9F2NS.CH2O2/c10-9(11)5-8(9)6-1-3-7(13-12)4-2-6;2-1-3/h1-4,8H,5,12H2;1H,(H,2,3). The van der Waals surface area contributed by atoms with Gasteiger partial charge in [-0.2, -0.15) is 0 Å². The van der Waals surface area contributed by atoms with Crippen molar-refractivity contribution in [2.75, 3.05) is 0 Å². The second kappa shape index (κ2) is 5.27. The van der Waals surface area contributed by atoms with E-state index >= 15 is 0 Å². The minimum Gasteiger partial charge on any atom is -0.483 e. The molecule has 1 aromatic carbocycles. The van der Waals surface area contributed by atoms with E-state index in [9.17, 15) is 8.78 Å². The summed E-state index contributed by atoms with van der Waals surface area (Å²) < 4.78 is 25.3. The molecule has 2 rings (SSSR count). The van der Waals surface area contributed by atoms with Crippen LogP contribution in [0.1, 0.15) is 17.9 Å². The molecule has 3 nitrogen and oxygen atoms in total. The molecule has 1 fully saturated rings. The molecule has 0 heterocycles. The first-order valence-electron chi connectivity index (χ1n) is 4.47. The lowest BCUT2D eigenvalue weighted by atomic mass is 10.1. The Kier molecular flexibility index (Phi) is 4.26. The van der Waals surface area contributed by atoms with Gasteiger partial charge in [-0.15, -0.1) is 0 Å². The van der Waals surface area contributed by atoms with Gasteiger partial charge in [0, 0.05) is 11.3 Å². The average molecular weight is 247 g/mol. The van der Waals surface area contributed by atoms with E-state index in [1.54, 1.807) is 24.3 Å². The monoisotopic (exact) mass is 247 g/mol. The van der Waals surface area contributed by atoms with Crippen LogP contribution in [0.25, 0.3) is 0 Å². The largest absolute Gasteiger partial charge is 0.483 e. The highest BCUT2D eigenvalue weighted by Gasteiger charge is 2.57. The van der Waals surface area contributed by atoms with Crippen LogP contribution in [-0.4, -0.2) is 17.5 Å². The van der Waals surface area contributed by atoms with Crippen LogP contribution in [0.4, 0.5) is 8.78 Å². The predicted molar refractivity (Wildman–Crippen MR) is 57.5 cm³/mol. The van der Waals surface area contributed by atoms with Crippen molar-refractivity contribution in [2.24, 2.45) is 5.14 Å². The van der Waals surface area contributed by atoms with Crippen molar-refractivity contribution in [1.29, 1.82) is 0 Å². The van der Waals surface area contributed by atoms with E-state index in [0.29, 0.717) is 5.56 Å². The Hall–Kier alpha value is -1.14. The molecule has 0 bridgehead atoms. The van der Waals surface area contributed by atoms with Crippen molar-refractivity contribution in [3.8, 4) is 0 Å². The fourth-order valence-electron chi connectivity index (χ4n) is 1.35. The van der Waals surface area contributed by atoms with Gasteiger partial charge in [-0.25, -0.2) is 8.78 Å². The summed E-state index contributed by atoms with van der Waals surface area (Å²) in [5.41, 5.74) is 0.711. The average Bonchev–Trinajstić information content (AvgIpc) is 2.89. The molecule has 1 aliphatic rings. The summed E-state index contributed by atoms with van der Waals surface area (Å²) in [6.07, 6.45) is -0.0118. The van der Waals surface area contributed by atoms with Crippen LogP contribution in [0, 0.1) is 0 Å². The minimum atomic E-state index is -2.47. The lowest BCUT2D eigenvalue weighted by Crippen LogP contribution is -1.92. The number of rotatable bonds is 2. The molecule has 1 unspecified atom stereocenters. The second-order valence-corrected chi connectivity index (χ2v) is 4.02. The van der Waals surface area contributed by atoms with Gasteiger partial charge in [-0.05, 0) is 29.6 Å². The zero-order valence-corrected chi connectivity index (χ0v) is 9.08. The predicted octanol–water partition coefficient (Wildman–Crippen LogP) is 2.48. The van der Waals surface area contributed by atoms with E-state index in [0.717, 1.165) is 16.8 Å². The smallest absolute Gasteiger partial charge is 0.290 e. The summed E-state index contributed by atoms with van der Waals surface area (Å²) in [7, 11) is 0. The van der Waals surface area contributed by atoms with Gasteiger partial charge in [0.1, 0.15) is 0 Å². The highest BCUT2D eigenvalue weighted by molar-refractivity contribution is 7.97. The van der Waals surface area contributed by atoms with Crippen LogP contribution in [0.15, 0.2) is 29.2 Å². The number of carboxylic acid groups (broad SMARTS) is 1. The third kappa shape index (κ3) is 3.18. The highest BCUT2D eigenvalue weighted by atomic mass is 32.2. The minimum absolute atomic E-state index is 0.0118. The Bertz CT molecular complexity index is 356. The molecule has 6 heteroatoms. The number of nitrogens with two attached hydrogens (primary N) is 1. The molecule has 0 amide bonds. The first-order chi connectivity index (χ1) is 7.55. The van der Waals surface area contributed by atoms with Gasteiger partial charge in [0.15, 0.2) is 0 Å². The molecular formula is C10H11F2NO2S. The fraction of sp³-hybridized carbons (Fsp3) is 0.300. The number of halogens is 2. The molecule has 0 spiro atoms. The van der Waals surface area contributed by atoms with E-state index in [1.807, 2.05) is 0 Å². The molecule has 1 aliphatic carbocycles. The van der Waals surface area contributed by atoms with Crippen LogP contribution in [0.2, 0.25) is 0 Å². The maximum atomic E-state index is 12.6. The van der Waals surface area contributed by atoms with Crippen molar-refractivity contribution in [3.05, 3.63) is 29.8 Å². The fourth-order valence-corrected chi connectivity index (χ4v) is 1.65. The Labute approximate surface area is 95.8 Å². The van der Waals surface area contributed by atoms with Crippen molar-refractivity contribution >= 4 is 18.4 Å². The Balaban J connectivity index is 0.000000386. The van der Waals surface area contributed by atoms with E-state index in [2.05, 4.69) is 0 Å². The lowest BCUT2D eigenvalue weighted by molar-refractivity contribution is -0.122. The van der Waals surface area contributed by atoms with Crippen molar-refractivity contribution in [1.82, 2.24) is 0 Å². The maximum Gasteiger partial charge on any atom is 0.290 e. The first kappa shape index (κ1) is 12.9. The Morgan fingerprint density at radius 2 is 1.88 bits per heavy atom. The number of hydrogen-bond acceptors (Lipinski definition) is 3. The molecule has 0 saturated heterocycles. The van der Waals surface area contributed by atoms with E-state index < -0.39 is 11.8 Å². The molecule has 16 heavy (non-hydrogen) atoms. The van der Waals surface area contributed by atoms with Gasteiger partial charge in [0.05, 0.1) is 5.92 Å². The van der Waals surface area contributed by atoms with Gasteiger partial charge in [0.2, 0.25) is 0 Å². The zero-order valence-electron chi connectivity index (χ0n) is 8.27. The molecule has 1 atom stereocenters. The van der Waals surface area contributed by atoms with Crippen molar-refractivity contribution in [2.45, 2.75) is 23.2 Å². The number of carbonyl (C=O) groups is 1. The maximum absolute atomic E-state index is 12.6. The highest BCUT2D eigenvalue weighted by Crippen LogP contribution is 2.55. The molecule has 0 radical (unpaired) electrons. The van der Waals surface area contributed by atoms with Gasteiger partial charge < -0.3 is 5.11 Å². The molecule has 1 aromatic rings. The second-order valence-electron chi connectivity index (χ2n) is 3.31. The van der Waals surface area contributed by atoms with Crippen LogP contribution >= 0.6 is 11.9 Å². The summed E-state index contributed by atoms with van der Waals surface area (Å²) >= 11 is 1.12. The molecule has 0 aliphatic heterocycles. The first-order valence-corrected chi connectivity index (χ1v) is 5.35. The van der Waals surface area contributed by atoms with Crippen LogP contribution in [0.3, 0.4) is 0 Å². The molecule has 88 valence electrons. The van der Waals surface area contributed by atoms with Crippen LogP contribution in [-0.2, 0) is 4.79 Å². The summed E-state index contributed by atoms with van der Waals surface area (Å²) in [6, 6.07) is 6.99. The summed E-state index contributed by atoms with van der Waals surface area (Å²) in [4.78, 5) is 9.26. The van der Waals surface area contributed by atoms with Crippen LogP contribution < -0.4 is 5.14 Å². The number of alkyl halides is 2. The molecular weight excluding hydrogens is 236 g/mol. The normalized spacial score (nSPS) is 20.6. The molecule has 0 aromatic heterocycles. The Morgan fingerprint density at radius 3 is 2.19 bits per heavy atom.